The molecule has 0 aliphatic rings. The van der Waals surface area contributed by atoms with Crippen LogP contribution in [0.15, 0.2) is 97.3 Å². The molecule has 0 atom stereocenters. The molecule has 4 heterocycles. The Bertz CT molecular complexity index is 2570. The molecule has 0 unspecified atom stereocenters. The van der Waals surface area contributed by atoms with Gasteiger partial charge in [0.05, 0.1) is 5.52 Å². The van der Waals surface area contributed by atoms with Gasteiger partial charge in [0.15, 0.2) is 0 Å². The number of hydrogen-bond donors (Lipinski definition) is 0. The zero-order valence-corrected chi connectivity index (χ0v) is 35.8. The number of benzene rings is 4. The summed E-state index contributed by atoms with van der Waals surface area (Å²) >= 11 is 0.0259. The Balaban J connectivity index is 0.000000218. The SMILES string of the molecule is Cc1cc(-c2[c-]cccc2)nc[c]1[Ge]([CH3])([CH3])[CH3].[2H]C(C)(C)c1cc(-c2[c-]ccc3c2sc2c4ccc(C)nc4c4ccccc4c32)ncc1CC.[Ir]. The maximum Gasteiger partial charge on any atom is 0.0797 e. The first-order chi connectivity index (χ1) is 24.3. The third-order valence-corrected chi connectivity index (χ3v) is 15.2. The topological polar surface area (TPSA) is 38.7 Å². The molecule has 6 heteroatoms. The summed E-state index contributed by atoms with van der Waals surface area (Å²) < 4.78 is 12.6. The zero-order chi connectivity index (χ0) is 36.1. The van der Waals surface area contributed by atoms with Crippen molar-refractivity contribution >= 4 is 70.8 Å². The van der Waals surface area contributed by atoms with Gasteiger partial charge in [-0.25, -0.2) is 0 Å². The number of rotatable bonds is 5. The van der Waals surface area contributed by atoms with Gasteiger partial charge in [-0.1, -0.05) is 56.5 Å². The number of nitrogens with zero attached hydrogens (tertiary/aromatic N) is 3. The molecule has 0 fully saturated rings. The van der Waals surface area contributed by atoms with Crippen LogP contribution in [0.4, 0.5) is 0 Å². The van der Waals surface area contributed by atoms with Crippen LogP contribution < -0.4 is 4.40 Å². The molecule has 0 aliphatic heterocycles. The van der Waals surface area contributed by atoms with E-state index in [0.29, 0.717) is 0 Å². The molecule has 0 saturated carbocycles. The van der Waals surface area contributed by atoms with E-state index in [4.69, 9.17) is 11.3 Å². The van der Waals surface area contributed by atoms with E-state index in [9.17, 15) is 0 Å². The van der Waals surface area contributed by atoms with Crippen molar-refractivity contribution in [2.24, 2.45) is 0 Å². The number of aromatic nitrogens is 3. The van der Waals surface area contributed by atoms with Gasteiger partial charge in [-0.15, -0.1) is 23.8 Å². The number of thiophene rings is 1. The van der Waals surface area contributed by atoms with E-state index >= 15 is 0 Å². The summed E-state index contributed by atoms with van der Waals surface area (Å²) in [5, 5.41) is 6.10. The quantitative estimate of drug-likeness (QED) is 0.0981. The van der Waals surface area contributed by atoms with Crippen LogP contribution in [0, 0.1) is 26.0 Å². The van der Waals surface area contributed by atoms with Gasteiger partial charge in [0.25, 0.3) is 0 Å². The fourth-order valence-electron chi connectivity index (χ4n) is 6.97. The van der Waals surface area contributed by atoms with Crippen molar-refractivity contribution in [3.8, 4) is 22.5 Å². The molecule has 0 saturated heterocycles. The monoisotopic (exact) mass is 925 g/mol. The van der Waals surface area contributed by atoms with Crippen LogP contribution in [-0.4, -0.2) is 28.2 Å². The summed E-state index contributed by atoms with van der Waals surface area (Å²) in [4.78, 5) is 14.4. The summed E-state index contributed by atoms with van der Waals surface area (Å²) in [5.41, 5.74) is 9.60. The average molecular weight is 924 g/mol. The Morgan fingerprint density at radius 1 is 0.784 bits per heavy atom. The Labute approximate surface area is 323 Å². The second kappa shape index (κ2) is 15.1. The van der Waals surface area contributed by atoms with E-state index < -0.39 is 19.2 Å². The summed E-state index contributed by atoms with van der Waals surface area (Å²) in [5.74, 6) is 6.52. The first-order valence-corrected chi connectivity index (χ1v) is 25.5. The Hall–Kier alpha value is -3.74. The predicted octanol–water partition coefficient (Wildman–Crippen LogP) is 12.0. The largest absolute Gasteiger partial charge is 0.304 e. The summed E-state index contributed by atoms with van der Waals surface area (Å²) in [6.45, 7) is 10.3. The van der Waals surface area contributed by atoms with Gasteiger partial charge in [0, 0.05) is 48.8 Å². The first-order valence-electron chi connectivity index (χ1n) is 17.8. The van der Waals surface area contributed by atoms with Gasteiger partial charge in [0.1, 0.15) is 0 Å². The van der Waals surface area contributed by atoms with E-state index in [-0.39, 0.29) is 20.1 Å². The Kier molecular flexibility index (Phi) is 10.5. The van der Waals surface area contributed by atoms with Crippen molar-refractivity contribution < 1.29 is 21.5 Å². The molecular weight excluding hydrogens is 879 g/mol. The van der Waals surface area contributed by atoms with Gasteiger partial charge in [-0.05, 0) is 63.7 Å². The molecule has 0 amide bonds. The van der Waals surface area contributed by atoms with E-state index in [1.807, 2.05) is 51.2 Å². The summed E-state index contributed by atoms with van der Waals surface area (Å²) in [6, 6.07) is 36.1. The molecule has 8 aromatic rings. The fourth-order valence-corrected chi connectivity index (χ4v) is 11.9. The van der Waals surface area contributed by atoms with Crippen molar-refractivity contribution in [2.75, 3.05) is 0 Å². The summed E-state index contributed by atoms with van der Waals surface area (Å²) in [7, 11) is 0. The fraction of sp³-hybridized carbons (Fsp3) is 0.222. The smallest absolute Gasteiger partial charge is 0.0797 e. The van der Waals surface area contributed by atoms with Gasteiger partial charge in [0.2, 0.25) is 0 Å². The molecule has 0 N–H and O–H groups in total. The zero-order valence-electron chi connectivity index (χ0n) is 31.5. The van der Waals surface area contributed by atoms with Crippen LogP contribution in [0.2, 0.25) is 17.3 Å². The molecule has 259 valence electrons. The minimum absolute atomic E-state index is 0. The van der Waals surface area contributed by atoms with Crippen molar-refractivity contribution in [1.29, 1.82) is 0 Å². The Morgan fingerprint density at radius 2 is 1.53 bits per heavy atom. The second-order valence-corrected chi connectivity index (χ2v) is 25.9. The van der Waals surface area contributed by atoms with Crippen molar-refractivity contribution in [3.05, 3.63) is 132 Å². The van der Waals surface area contributed by atoms with Crippen LogP contribution in [-0.2, 0) is 26.5 Å². The predicted molar refractivity (Wildman–Crippen MR) is 219 cm³/mol. The van der Waals surface area contributed by atoms with Crippen LogP contribution in [0.3, 0.4) is 0 Å². The standard InChI is InChI=1S/C30H25N2S.C15H18GeN.Ir/c1-5-19-16-31-26(15-25(19)17(2)3)22-11-8-12-23-27-20-9-6-7-10-21(20)28-24(14-13-18(4)32-28)30(27)33-29(22)23;1-12-10-15(13-8-6-5-7-9-13)17-11-14(12)16(2,3)4;/h6-10,12-17H,5H2,1-4H3;5-8,10-11H,1-4H3;/q2*-1;/i17D;;. The van der Waals surface area contributed by atoms with E-state index in [1.54, 1.807) is 11.3 Å². The maximum atomic E-state index is 8.68. The summed E-state index contributed by atoms with van der Waals surface area (Å²) in [6.07, 6.45) is 4.88. The van der Waals surface area contributed by atoms with E-state index in [2.05, 4.69) is 115 Å². The third kappa shape index (κ3) is 7.19. The minimum Gasteiger partial charge on any atom is -0.304 e. The average Bonchev–Trinajstić information content (AvgIpc) is 3.51. The second-order valence-electron chi connectivity index (χ2n) is 14.3. The van der Waals surface area contributed by atoms with Gasteiger partial charge in [-0.2, -0.15) is 11.3 Å². The van der Waals surface area contributed by atoms with E-state index in [1.165, 1.54) is 46.3 Å². The molecule has 1 radical (unpaired) electrons. The number of fused-ring (bicyclic) bond motifs is 8. The van der Waals surface area contributed by atoms with Gasteiger partial charge < -0.3 is 4.98 Å². The van der Waals surface area contributed by atoms with Gasteiger partial charge in [-0.3, -0.25) is 4.98 Å². The molecule has 51 heavy (non-hydrogen) atoms. The van der Waals surface area contributed by atoms with Crippen molar-refractivity contribution in [3.63, 3.8) is 0 Å². The molecule has 4 aromatic heterocycles. The van der Waals surface area contributed by atoms with E-state index in [0.717, 1.165) is 51.3 Å². The number of hydrogen-bond acceptors (Lipinski definition) is 4. The first kappa shape index (κ1) is 35.7. The minimum atomic E-state index is -1.77. The van der Waals surface area contributed by atoms with Crippen LogP contribution in [0.1, 0.15) is 50.4 Å². The third-order valence-electron chi connectivity index (χ3n) is 9.45. The maximum absolute atomic E-state index is 8.68. The molecule has 3 nitrogen and oxygen atoms in total. The number of aryl methyl sites for hydroxylation is 3. The van der Waals surface area contributed by atoms with Crippen LogP contribution in [0.25, 0.3) is 64.4 Å². The molecule has 0 aliphatic carbocycles. The van der Waals surface area contributed by atoms with Crippen LogP contribution >= 0.6 is 11.3 Å². The number of pyridine rings is 3. The Morgan fingerprint density at radius 3 is 2.22 bits per heavy atom. The van der Waals surface area contributed by atoms with Crippen LogP contribution in [0.5, 0.6) is 0 Å². The van der Waals surface area contributed by atoms with Gasteiger partial charge >= 0.3 is 106 Å². The molecule has 8 rings (SSSR count). The van der Waals surface area contributed by atoms with Crippen molar-refractivity contribution in [1.82, 2.24) is 15.0 Å². The molecular formula is C45H43GeIrN3S-2. The molecule has 0 spiro atoms. The normalized spacial score (nSPS) is 12.1. The molecule has 0 bridgehead atoms. The van der Waals surface area contributed by atoms with Crippen molar-refractivity contribution in [2.45, 2.75) is 64.2 Å². The molecule has 4 aromatic carbocycles.